The molecule has 0 atom stereocenters. The molecule has 0 saturated heterocycles. The van der Waals surface area contributed by atoms with Crippen molar-refractivity contribution in [3.05, 3.63) is 0 Å². The van der Waals surface area contributed by atoms with Crippen LogP contribution in [0.3, 0.4) is 0 Å². The van der Waals surface area contributed by atoms with Crippen LogP contribution in [0.2, 0.25) is 0 Å². The van der Waals surface area contributed by atoms with Crippen molar-refractivity contribution >= 4 is 15.9 Å². The Morgan fingerprint density at radius 2 is 1.80 bits per heavy atom. The molecule has 3 heteroatoms. The molecule has 0 N–H and O–H groups in total. The Kier molecular flexibility index (Phi) is 4.47. The number of alkyl halides is 1. The summed E-state index contributed by atoms with van der Waals surface area (Å²) in [5.41, 5.74) is 0.128. The molecule has 0 aromatic heterocycles. The molecule has 0 bridgehead atoms. The first-order valence-corrected chi connectivity index (χ1v) is 7.28. The van der Waals surface area contributed by atoms with Crippen molar-refractivity contribution in [1.29, 1.82) is 0 Å². The summed E-state index contributed by atoms with van der Waals surface area (Å²) in [6, 6.07) is 0. The summed E-state index contributed by atoms with van der Waals surface area (Å²) < 4.78 is 11.7. The summed E-state index contributed by atoms with van der Waals surface area (Å²) in [5.74, 6) is 0. The van der Waals surface area contributed by atoms with Gasteiger partial charge in [-0.3, -0.25) is 0 Å². The van der Waals surface area contributed by atoms with Crippen molar-refractivity contribution in [2.75, 3.05) is 18.5 Å². The highest BCUT2D eigenvalue weighted by Crippen LogP contribution is 2.34. The maximum absolute atomic E-state index is 5.99. The average molecular weight is 277 g/mol. The van der Waals surface area contributed by atoms with E-state index < -0.39 is 0 Å². The van der Waals surface area contributed by atoms with Gasteiger partial charge >= 0.3 is 0 Å². The number of ether oxygens (including phenoxy) is 2. The first-order valence-electron chi connectivity index (χ1n) is 6.16. The SMILES string of the molecule is BrCC1(OCCOC2CCC2)CCCC1. The molecular weight excluding hydrogens is 256 g/mol. The van der Waals surface area contributed by atoms with Crippen LogP contribution in [0.1, 0.15) is 44.9 Å². The molecule has 0 heterocycles. The third-order valence-corrected chi connectivity index (χ3v) is 4.68. The second-order valence-corrected chi connectivity index (χ2v) is 5.36. The largest absolute Gasteiger partial charge is 0.376 e. The summed E-state index contributed by atoms with van der Waals surface area (Å²) in [4.78, 5) is 0. The molecule has 0 aromatic carbocycles. The van der Waals surface area contributed by atoms with Gasteiger partial charge in [0, 0.05) is 5.33 Å². The van der Waals surface area contributed by atoms with Crippen LogP contribution in [0, 0.1) is 0 Å². The monoisotopic (exact) mass is 276 g/mol. The summed E-state index contributed by atoms with van der Waals surface area (Å²) in [6.45, 7) is 1.54. The minimum Gasteiger partial charge on any atom is -0.376 e. The fourth-order valence-electron chi connectivity index (χ4n) is 2.35. The van der Waals surface area contributed by atoms with E-state index >= 15 is 0 Å². The smallest absolute Gasteiger partial charge is 0.0780 e. The fourth-order valence-corrected chi connectivity index (χ4v) is 3.07. The van der Waals surface area contributed by atoms with E-state index in [0.29, 0.717) is 6.10 Å². The van der Waals surface area contributed by atoms with Crippen molar-refractivity contribution in [2.45, 2.75) is 56.7 Å². The zero-order chi connectivity index (χ0) is 10.6. The van der Waals surface area contributed by atoms with Crippen LogP contribution in [-0.4, -0.2) is 30.2 Å². The molecule has 88 valence electrons. The normalized spacial score (nSPS) is 25.4. The molecule has 0 aliphatic heterocycles. The van der Waals surface area contributed by atoms with Crippen molar-refractivity contribution in [2.24, 2.45) is 0 Å². The summed E-state index contributed by atoms with van der Waals surface area (Å²) in [5, 5.41) is 0.976. The van der Waals surface area contributed by atoms with Gasteiger partial charge in [0.05, 0.1) is 24.9 Å². The summed E-state index contributed by atoms with van der Waals surface area (Å²) in [7, 11) is 0. The molecule has 0 amide bonds. The van der Waals surface area contributed by atoms with E-state index in [1.54, 1.807) is 0 Å². The molecule has 0 unspecified atom stereocenters. The van der Waals surface area contributed by atoms with E-state index in [1.807, 2.05) is 0 Å². The van der Waals surface area contributed by atoms with Gasteiger partial charge in [0.2, 0.25) is 0 Å². The lowest BCUT2D eigenvalue weighted by Crippen LogP contribution is -2.33. The van der Waals surface area contributed by atoms with Gasteiger partial charge in [0.25, 0.3) is 0 Å². The van der Waals surface area contributed by atoms with Crippen molar-refractivity contribution in [3.63, 3.8) is 0 Å². The lowest BCUT2D eigenvalue weighted by atomic mass is 9.96. The highest BCUT2D eigenvalue weighted by Gasteiger charge is 2.33. The molecule has 0 spiro atoms. The quantitative estimate of drug-likeness (QED) is 0.548. The van der Waals surface area contributed by atoms with Crippen LogP contribution in [-0.2, 0) is 9.47 Å². The van der Waals surface area contributed by atoms with Gasteiger partial charge < -0.3 is 9.47 Å². The second-order valence-electron chi connectivity index (χ2n) is 4.80. The highest BCUT2D eigenvalue weighted by atomic mass is 79.9. The van der Waals surface area contributed by atoms with Gasteiger partial charge in [-0.05, 0) is 32.1 Å². The van der Waals surface area contributed by atoms with Crippen LogP contribution < -0.4 is 0 Å². The van der Waals surface area contributed by atoms with Gasteiger partial charge in [-0.1, -0.05) is 28.8 Å². The Bertz CT molecular complexity index is 186. The Labute approximate surface area is 101 Å². The minimum absolute atomic E-state index is 0.128. The molecule has 2 saturated carbocycles. The Balaban J connectivity index is 1.58. The van der Waals surface area contributed by atoms with E-state index in [0.717, 1.165) is 18.5 Å². The third-order valence-electron chi connectivity index (χ3n) is 3.66. The Morgan fingerprint density at radius 1 is 1.07 bits per heavy atom. The van der Waals surface area contributed by atoms with E-state index in [4.69, 9.17) is 9.47 Å². The lowest BCUT2D eigenvalue weighted by molar-refractivity contribution is -0.0755. The predicted molar refractivity (Wildman–Crippen MR) is 64.5 cm³/mol. The fraction of sp³-hybridized carbons (Fsp3) is 1.00. The van der Waals surface area contributed by atoms with Crippen LogP contribution in [0.5, 0.6) is 0 Å². The molecule has 0 aromatic rings. The molecule has 2 aliphatic carbocycles. The second kappa shape index (κ2) is 5.65. The topological polar surface area (TPSA) is 18.5 Å². The third kappa shape index (κ3) is 3.18. The van der Waals surface area contributed by atoms with Crippen molar-refractivity contribution < 1.29 is 9.47 Å². The first-order chi connectivity index (χ1) is 7.35. The summed E-state index contributed by atoms with van der Waals surface area (Å²) >= 11 is 3.57. The summed E-state index contributed by atoms with van der Waals surface area (Å²) in [6.07, 6.45) is 9.44. The molecule has 2 rings (SSSR count). The molecule has 15 heavy (non-hydrogen) atoms. The lowest BCUT2D eigenvalue weighted by Gasteiger charge is -2.29. The molecule has 2 nitrogen and oxygen atoms in total. The first kappa shape index (κ1) is 11.9. The maximum Gasteiger partial charge on any atom is 0.0780 e. The van der Waals surface area contributed by atoms with Crippen LogP contribution in [0.4, 0.5) is 0 Å². The zero-order valence-electron chi connectivity index (χ0n) is 9.34. The van der Waals surface area contributed by atoms with Gasteiger partial charge in [-0.15, -0.1) is 0 Å². The molecule has 2 fully saturated rings. The van der Waals surface area contributed by atoms with E-state index in [2.05, 4.69) is 15.9 Å². The van der Waals surface area contributed by atoms with E-state index in [1.165, 1.54) is 44.9 Å². The number of rotatable bonds is 6. The van der Waals surface area contributed by atoms with Crippen molar-refractivity contribution in [1.82, 2.24) is 0 Å². The van der Waals surface area contributed by atoms with Crippen LogP contribution in [0.15, 0.2) is 0 Å². The molecule has 2 aliphatic rings. The van der Waals surface area contributed by atoms with E-state index in [9.17, 15) is 0 Å². The van der Waals surface area contributed by atoms with Gasteiger partial charge in [-0.25, -0.2) is 0 Å². The van der Waals surface area contributed by atoms with Crippen LogP contribution in [0.25, 0.3) is 0 Å². The van der Waals surface area contributed by atoms with Crippen LogP contribution >= 0.6 is 15.9 Å². The zero-order valence-corrected chi connectivity index (χ0v) is 10.9. The minimum atomic E-state index is 0.128. The standard InChI is InChI=1S/C12H21BrO2/c13-10-12(6-1-2-7-12)15-9-8-14-11-4-3-5-11/h11H,1-10H2. The molecular formula is C12H21BrO2. The van der Waals surface area contributed by atoms with E-state index in [-0.39, 0.29) is 5.60 Å². The Hall–Kier alpha value is 0.400. The average Bonchev–Trinajstić information content (AvgIpc) is 2.64. The Morgan fingerprint density at radius 3 is 2.33 bits per heavy atom. The van der Waals surface area contributed by atoms with Gasteiger partial charge in [-0.2, -0.15) is 0 Å². The number of hydrogen-bond donors (Lipinski definition) is 0. The number of hydrogen-bond acceptors (Lipinski definition) is 2. The number of halogens is 1. The van der Waals surface area contributed by atoms with Gasteiger partial charge in [0.15, 0.2) is 0 Å². The van der Waals surface area contributed by atoms with Crippen molar-refractivity contribution in [3.8, 4) is 0 Å². The maximum atomic E-state index is 5.99. The highest BCUT2D eigenvalue weighted by molar-refractivity contribution is 9.09. The van der Waals surface area contributed by atoms with Gasteiger partial charge in [0.1, 0.15) is 0 Å². The predicted octanol–water partition coefficient (Wildman–Crippen LogP) is 3.28. The molecule has 0 radical (unpaired) electrons.